The minimum Gasteiger partial charge on any atom is -0.223 e. The van der Waals surface area contributed by atoms with Crippen LogP contribution >= 0.6 is 0 Å². The van der Waals surface area contributed by atoms with Crippen molar-refractivity contribution in [2.75, 3.05) is 0 Å². The predicted octanol–water partition coefficient (Wildman–Crippen LogP) is 3.64. The molecule has 0 aliphatic heterocycles. The molecule has 0 bridgehead atoms. The highest BCUT2D eigenvalue weighted by Crippen LogP contribution is 2.64. The molecule has 2 nitrogen and oxygen atoms in total. The molecule has 0 radical (unpaired) electrons. The van der Waals surface area contributed by atoms with E-state index in [1.54, 1.807) is 24.3 Å². The smallest absolute Gasteiger partial charge is 0.188 e. The third-order valence-electron chi connectivity index (χ3n) is 4.72. The van der Waals surface area contributed by atoms with Crippen molar-refractivity contribution < 1.29 is 8.42 Å². The maximum Gasteiger partial charge on any atom is 0.188 e. The van der Waals surface area contributed by atoms with E-state index in [0.29, 0.717) is 4.90 Å². The Morgan fingerprint density at radius 2 is 1.25 bits per heavy atom. The molecule has 1 aliphatic carbocycles. The molecule has 0 spiro atoms. The number of benzene rings is 2. The van der Waals surface area contributed by atoms with Crippen LogP contribution in [0.2, 0.25) is 0 Å². The van der Waals surface area contributed by atoms with Crippen LogP contribution < -0.4 is 0 Å². The first kappa shape index (κ1) is 13.4. The first-order chi connectivity index (χ1) is 9.53. The van der Waals surface area contributed by atoms with Crippen molar-refractivity contribution >= 4 is 9.84 Å². The Balaban J connectivity index is 2.20. The fraction of sp³-hybridized carbons (Fsp3) is 0.294. The van der Waals surface area contributed by atoms with Crippen LogP contribution in [0.5, 0.6) is 0 Å². The van der Waals surface area contributed by atoms with Gasteiger partial charge in [0.05, 0.1) is 4.90 Å². The first-order valence-corrected chi connectivity index (χ1v) is 8.36. The van der Waals surface area contributed by atoms with E-state index in [4.69, 9.17) is 0 Å². The third kappa shape index (κ3) is 1.59. The van der Waals surface area contributed by atoms with Crippen LogP contribution in [0.1, 0.15) is 19.4 Å². The number of hydrogen-bond donors (Lipinski definition) is 0. The second-order valence-corrected chi connectivity index (χ2v) is 7.71. The molecule has 3 heteroatoms. The maximum atomic E-state index is 13.1. The van der Waals surface area contributed by atoms with Gasteiger partial charge in [0.2, 0.25) is 0 Å². The van der Waals surface area contributed by atoms with Gasteiger partial charge in [-0.25, -0.2) is 8.42 Å². The molecule has 3 rings (SSSR count). The Hall–Kier alpha value is -1.61. The van der Waals surface area contributed by atoms with Gasteiger partial charge in [-0.15, -0.1) is 0 Å². The lowest BCUT2D eigenvalue weighted by molar-refractivity contribution is 0.571. The zero-order valence-electron chi connectivity index (χ0n) is 11.7. The lowest BCUT2D eigenvalue weighted by atomic mass is 10.1. The van der Waals surface area contributed by atoms with Gasteiger partial charge in [0.15, 0.2) is 9.84 Å². The summed E-state index contributed by atoms with van der Waals surface area (Å²) in [4.78, 5) is 0.417. The predicted molar refractivity (Wildman–Crippen MR) is 80.1 cm³/mol. The van der Waals surface area contributed by atoms with E-state index in [-0.39, 0.29) is 11.8 Å². The normalized spacial score (nSPS) is 29.1. The molecule has 0 heterocycles. The highest BCUT2D eigenvalue weighted by molar-refractivity contribution is 7.92. The van der Waals surface area contributed by atoms with Gasteiger partial charge in [0.1, 0.15) is 4.75 Å². The van der Waals surface area contributed by atoms with Crippen LogP contribution in [0.4, 0.5) is 0 Å². The Morgan fingerprint density at radius 3 is 1.70 bits per heavy atom. The Kier molecular flexibility index (Phi) is 2.98. The fourth-order valence-corrected chi connectivity index (χ4v) is 6.07. The van der Waals surface area contributed by atoms with Crippen molar-refractivity contribution in [1.29, 1.82) is 0 Å². The van der Waals surface area contributed by atoms with E-state index in [1.165, 1.54) is 0 Å². The van der Waals surface area contributed by atoms with E-state index in [9.17, 15) is 8.42 Å². The molecule has 0 amide bonds. The molecule has 1 saturated carbocycles. The summed E-state index contributed by atoms with van der Waals surface area (Å²) < 4.78 is 25.5. The van der Waals surface area contributed by atoms with Gasteiger partial charge >= 0.3 is 0 Å². The van der Waals surface area contributed by atoms with E-state index in [2.05, 4.69) is 0 Å². The molecule has 20 heavy (non-hydrogen) atoms. The van der Waals surface area contributed by atoms with Crippen molar-refractivity contribution in [2.24, 2.45) is 11.8 Å². The maximum absolute atomic E-state index is 13.1. The van der Waals surface area contributed by atoms with Crippen LogP contribution in [0, 0.1) is 11.8 Å². The highest BCUT2D eigenvalue weighted by Gasteiger charge is 2.68. The Bertz CT molecular complexity index is 697. The van der Waals surface area contributed by atoms with Crippen LogP contribution in [-0.2, 0) is 14.6 Å². The topological polar surface area (TPSA) is 34.1 Å². The van der Waals surface area contributed by atoms with E-state index in [0.717, 1.165) is 5.56 Å². The van der Waals surface area contributed by atoms with Gasteiger partial charge in [-0.1, -0.05) is 62.4 Å². The lowest BCUT2D eigenvalue weighted by Gasteiger charge is -2.19. The van der Waals surface area contributed by atoms with Crippen molar-refractivity contribution in [3.8, 4) is 0 Å². The van der Waals surface area contributed by atoms with Gasteiger partial charge in [0, 0.05) is 0 Å². The molecule has 2 aromatic carbocycles. The minimum absolute atomic E-state index is 0.134. The fourth-order valence-electron chi connectivity index (χ4n) is 3.40. The summed E-state index contributed by atoms with van der Waals surface area (Å²) in [6, 6.07) is 18.4. The minimum atomic E-state index is -3.38. The quantitative estimate of drug-likeness (QED) is 0.863. The summed E-state index contributed by atoms with van der Waals surface area (Å²) in [7, 11) is -3.38. The average molecular weight is 286 g/mol. The molecule has 0 N–H and O–H groups in total. The van der Waals surface area contributed by atoms with Crippen LogP contribution in [0.15, 0.2) is 65.6 Å². The van der Waals surface area contributed by atoms with Crippen molar-refractivity contribution in [2.45, 2.75) is 23.5 Å². The van der Waals surface area contributed by atoms with Gasteiger partial charge in [0.25, 0.3) is 0 Å². The molecule has 1 aliphatic rings. The standard InChI is InChI=1S/C17H18O2S/c1-13-14(2)17(13,15-9-5-3-6-10-15)20(18,19)16-11-7-4-8-12-16/h3-14H,1-2H3/t13-,14+,17?. The lowest BCUT2D eigenvalue weighted by Crippen LogP contribution is -2.24. The first-order valence-electron chi connectivity index (χ1n) is 6.88. The van der Waals surface area contributed by atoms with E-state index >= 15 is 0 Å². The Morgan fingerprint density at radius 1 is 0.800 bits per heavy atom. The molecule has 0 saturated heterocycles. The molecule has 3 atom stereocenters. The van der Waals surface area contributed by atoms with Crippen LogP contribution in [-0.4, -0.2) is 8.42 Å². The summed E-state index contributed by atoms with van der Waals surface area (Å²) in [5.74, 6) is 0.269. The highest BCUT2D eigenvalue weighted by atomic mass is 32.2. The summed E-state index contributed by atoms with van der Waals surface area (Å²) in [5, 5.41) is 0. The third-order valence-corrected chi connectivity index (χ3v) is 7.48. The summed E-state index contributed by atoms with van der Waals surface area (Å²) in [6.07, 6.45) is 0. The van der Waals surface area contributed by atoms with Crippen molar-refractivity contribution in [1.82, 2.24) is 0 Å². The number of sulfone groups is 1. The van der Waals surface area contributed by atoms with Gasteiger partial charge in [-0.2, -0.15) is 0 Å². The van der Waals surface area contributed by atoms with E-state index < -0.39 is 14.6 Å². The number of hydrogen-bond acceptors (Lipinski definition) is 2. The summed E-state index contributed by atoms with van der Waals surface area (Å²) in [5.41, 5.74) is 0.906. The summed E-state index contributed by atoms with van der Waals surface area (Å²) >= 11 is 0. The molecule has 0 aromatic heterocycles. The molecule has 104 valence electrons. The van der Waals surface area contributed by atoms with Gasteiger partial charge < -0.3 is 0 Å². The molecular formula is C17H18O2S. The zero-order chi connectivity index (χ0) is 14.4. The molecular weight excluding hydrogens is 268 g/mol. The van der Waals surface area contributed by atoms with Gasteiger partial charge in [-0.3, -0.25) is 0 Å². The summed E-state index contributed by atoms with van der Waals surface area (Å²) in [6.45, 7) is 4.05. The average Bonchev–Trinajstić information content (AvgIpc) is 3.04. The van der Waals surface area contributed by atoms with Crippen molar-refractivity contribution in [3.63, 3.8) is 0 Å². The second kappa shape index (κ2) is 4.45. The van der Waals surface area contributed by atoms with Crippen LogP contribution in [0.3, 0.4) is 0 Å². The SMILES string of the molecule is C[C@@H]1[C@H](C)C1(c1ccccc1)S(=O)(=O)c1ccccc1. The Labute approximate surface area is 120 Å². The molecule has 1 unspecified atom stereocenters. The monoisotopic (exact) mass is 286 g/mol. The largest absolute Gasteiger partial charge is 0.223 e. The number of rotatable bonds is 3. The second-order valence-electron chi connectivity index (χ2n) is 5.55. The molecule has 2 aromatic rings. The van der Waals surface area contributed by atoms with Crippen LogP contribution in [0.25, 0.3) is 0 Å². The molecule has 1 fully saturated rings. The van der Waals surface area contributed by atoms with Gasteiger partial charge in [-0.05, 0) is 29.5 Å². The van der Waals surface area contributed by atoms with Crippen molar-refractivity contribution in [3.05, 3.63) is 66.2 Å². The zero-order valence-corrected chi connectivity index (χ0v) is 12.5. The van der Waals surface area contributed by atoms with E-state index in [1.807, 2.05) is 50.2 Å².